The van der Waals surface area contributed by atoms with Crippen molar-refractivity contribution in [3.05, 3.63) is 23.3 Å². The number of aryl methyl sites for hydroxylation is 2. The Balaban J connectivity index is 0.00000144. The predicted octanol–water partition coefficient (Wildman–Crippen LogP) is 1.79. The van der Waals surface area contributed by atoms with Crippen LogP contribution in [0.25, 0.3) is 0 Å². The monoisotopic (exact) mass is 201 g/mol. The zero-order chi connectivity index (χ0) is 9.14. The van der Waals surface area contributed by atoms with Crippen molar-refractivity contribution in [2.75, 3.05) is 0 Å². The van der Waals surface area contributed by atoms with Crippen molar-refractivity contribution in [1.29, 1.82) is 0 Å². The Morgan fingerprint density at radius 1 is 1.54 bits per heavy atom. The maximum atomic E-state index is 5.73. The number of halogens is 1. The molecular weight excluding hydrogens is 186 g/mol. The van der Waals surface area contributed by atoms with Gasteiger partial charge >= 0.3 is 0 Å². The summed E-state index contributed by atoms with van der Waals surface area (Å²) in [5, 5.41) is 0. The number of hydrogen-bond donors (Lipinski definition) is 1. The summed E-state index contributed by atoms with van der Waals surface area (Å²) < 4.78 is 0. The van der Waals surface area contributed by atoms with E-state index >= 15 is 0 Å². The molecule has 0 aliphatic carbocycles. The number of nitrogens with two attached hydrogens (primary N) is 1. The lowest BCUT2D eigenvalue weighted by molar-refractivity contribution is 0.774. The SMILES string of the molecule is CCc1ncc(C(C)N)c(C)n1.Cl. The molecule has 0 amide bonds. The summed E-state index contributed by atoms with van der Waals surface area (Å²) in [5.41, 5.74) is 7.76. The molecule has 0 aliphatic heterocycles. The van der Waals surface area contributed by atoms with Crippen LogP contribution in [0, 0.1) is 6.92 Å². The van der Waals surface area contributed by atoms with Gasteiger partial charge in [0.25, 0.3) is 0 Å². The molecule has 4 heteroatoms. The maximum Gasteiger partial charge on any atom is 0.128 e. The Labute approximate surface area is 85.2 Å². The summed E-state index contributed by atoms with van der Waals surface area (Å²) in [5.74, 6) is 0.886. The average molecular weight is 202 g/mol. The molecule has 0 radical (unpaired) electrons. The summed E-state index contributed by atoms with van der Waals surface area (Å²) in [7, 11) is 0. The van der Waals surface area contributed by atoms with Crippen molar-refractivity contribution < 1.29 is 0 Å². The van der Waals surface area contributed by atoms with Gasteiger partial charge in [-0.3, -0.25) is 0 Å². The van der Waals surface area contributed by atoms with Gasteiger partial charge in [-0.2, -0.15) is 0 Å². The molecule has 1 rings (SSSR count). The first-order chi connectivity index (χ1) is 5.65. The largest absolute Gasteiger partial charge is 0.324 e. The number of aromatic nitrogens is 2. The molecule has 0 fully saturated rings. The second-order valence-electron chi connectivity index (χ2n) is 2.97. The third-order valence-corrected chi connectivity index (χ3v) is 1.87. The molecular formula is C9H16ClN3. The molecule has 74 valence electrons. The summed E-state index contributed by atoms with van der Waals surface area (Å²) >= 11 is 0. The maximum absolute atomic E-state index is 5.73. The van der Waals surface area contributed by atoms with Crippen molar-refractivity contribution in [3.63, 3.8) is 0 Å². The molecule has 1 aromatic heterocycles. The summed E-state index contributed by atoms with van der Waals surface area (Å²) in [4.78, 5) is 8.51. The Bertz CT molecular complexity index is 274. The fourth-order valence-electron chi connectivity index (χ4n) is 1.14. The topological polar surface area (TPSA) is 51.8 Å². The zero-order valence-corrected chi connectivity index (χ0v) is 9.06. The predicted molar refractivity (Wildman–Crippen MR) is 56.0 cm³/mol. The van der Waals surface area contributed by atoms with Crippen LogP contribution in [0.2, 0.25) is 0 Å². The molecule has 3 nitrogen and oxygen atoms in total. The van der Waals surface area contributed by atoms with Crippen molar-refractivity contribution in [1.82, 2.24) is 9.97 Å². The minimum absolute atomic E-state index is 0. The highest BCUT2D eigenvalue weighted by molar-refractivity contribution is 5.85. The van der Waals surface area contributed by atoms with Gasteiger partial charge in [0.2, 0.25) is 0 Å². The van der Waals surface area contributed by atoms with Crippen LogP contribution in [-0.2, 0) is 6.42 Å². The molecule has 1 unspecified atom stereocenters. The lowest BCUT2D eigenvalue weighted by Gasteiger charge is -2.08. The average Bonchev–Trinajstić information content (AvgIpc) is 2.03. The number of nitrogens with zero attached hydrogens (tertiary/aromatic N) is 2. The highest BCUT2D eigenvalue weighted by Gasteiger charge is 2.05. The van der Waals surface area contributed by atoms with Gasteiger partial charge in [-0.25, -0.2) is 9.97 Å². The van der Waals surface area contributed by atoms with E-state index in [4.69, 9.17) is 5.73 Å². The Hall–Kier alpha value is -0.670. The van der Waals surface area contributed by atoms with Crippen LogP contribution in [0.1, 0.15) is 37.0 Å². The second kappa shape index (κ2) is 5.14. The lowest BCUT2D eigenvalue weighted by Crippen LogP contribution is -2.10. The summed E-state index contributed by atoms with van der Waals surface area (Å²) in [6, 6.07) is 0.0240. The van der Waals surface area contributed by atoms with E-state index in [2.05, 4.69) is 9.97 Å². The van der Waals surface area contributed by atoms with Crippen LogP contribution in [0.15, 0.2) is 6.20 Å². The van der Waals surface area contributed by atoms with Crippen molar-refractivity contribution in [2.45, 2.75) is 33.2 Å². The highest BCUT2D eigenvalue weighted by Crippen LogP contribution is 2.11. The van der Waals surface area contributed by atoms with Crippen molar-refractivity contribution >= 4 is 12.4 Å². The van der Waals surface area contributed by atoms with E-state index in [0.29, 0.717) is 0 Å². The van der Waals surface area contributed by atoms with Gasteiger partial charge in [0.1, 0.15) is 5.82 Å². The van der Waals surface area contributed by atoms with Gasteiger partial charge in [0.15, 0.2) is 0 Å². The van der Waals surface area contributed by atoms with Crippen LogP contribution in [0.3, 0.4) is 0 Å². The molecule has 0 bridgehead atoms. The molecule has 1 aromatic rings. The van der Waals surface area contributed by atoms with Gasteiger partial charge in [0, 0.05) is 29.9 Å². The Kier molecular flexibility index (Phi) is 4.88. The zero-order valence-electron chi connectivity index (χ0n) is 8.24. The molecule has 13 heavy (non-hydrogen) atoms. The smallest absolute Gasteiger partial charge is 0.128 e. The summed E-state index contributed by atoms with van der Waals surface area (Å²) in [6.07, 6.45) is 2.70. The molecule has 0 spiro atoms. The van der Waals surface area contributed by atoms with Gasteiger partial charge in [-0.1, -0.05) is 6.92 Å². The van der Waals surface area contributed by atoms with Crippen LogP contribution in [-0.4, -0.2) is 9.97 Å². The van der Waals surface area contributed by atoms with Crippen LogP contribution < -0.4 is 5.73 Å². The molecule has 1 atom stereocenters. The minimum atomic E-state index is 0. The first-order valence-electron chi connectivity index (χ1n) is 4.23. The van der Waals surface area contributed by atoms with E-state index in [-0.39, 0.29) is 18.4 Å². The third kappa shape index (κ3) is 2.94. The molecule has 0 saturated heterocycles. The van der Waals surface area contributed by atoms with E-state index < -0.39 is 0 Å². The number of rotatable bonds is 2. The highest BCUT2D eigenvalue weighted by atomic mass is 35.5. The standard InChI is InChI=1S/C9H15N3.ClH/c1-4-9-11-5-8(6(2)10)7(3)12-9;/h5-6H,4,10H2,1-3H3;1H. The van der Waals surface area contributed by atoms with E-state index in [9.17, 15) is 0 Å². The van der Waals surface area contributed by atoms with E-state index in [0.717, 1.165) is 23.5 Å². The molecule has 1 heterocycles. The van der Waals surface area contributed by atoms with Gasteiger partial charge < -0.3 is 5.73 Å². The molecule has 2 N–H and O–H groups in total. The van der Waals surface area contributed by atoms with Crippen molar-refractivity contribution in [3.8, 4) is 0 Å². The number of hydrogen-bond acceptors (Lipinski definition) is 3. The third-order valence-electron chi connectivity index (χ3n) is 1.87. The van der Waals surface area contributed by atoms with Gasteiger partial charge in [-0.05, 0) is 13.8 Å². The van der Waals surface area contributed by atoms with Gasteiger partial charge in [-0.15, -0.1) is 12.4 Å². The van der Waals surface area contributed by atoms with E-state index in [1.165, 1.54) is 0 Å². The summed E-state index contributed by atoms with van der Waals surface area (Å²) in [6.45, 7) is 5.96. The lowest BCUT2D eigenvalue weighted by atomic mass is 10.1. The normalized spacial score (nSPS) is 12.0. The van der Waals surface area contributed by atoms with Crippen molar-refractivity contribution in [2.24, 2.45) is 5.73 Å². The molecule has 0 aromatic carbocycles. The first-order valence-corrected chi connectivity index (χ1v) is 4.23. The molecule has 0 aliphatic rings. The van der Waals surface area contributed by atoms with E-state index in [1.807, 2.05) is 27.0 Å². The fraction of sp³-hybridized carbons (Fsp3) is 0.556. The van der Waals surface area contributed by atoms with Crippen LogP contribution >= 0.6 is 12.4 Å². The molecule has 0 saturated carbocycles. The van der Waals surface area contributed by atoms with E-state index in [1.54, 1.807) is 0 Å². The first kappa shape index (κ1) is 12.3. The Morgan fingerprint density at radius 2 is 2.15 bits per heavy atom. The van der Waals surface area contributed by atoms with Crippen LogP contribution in [0.5, 0.6) is 0 Å². The Morgan fingerprint density at radius 3 is 2.54 bits per heavy atom. The van der Waals surface area contributed by atoms with Crippen LogP contribution in [0.4, 0.5) is 0 Å². The fourth-order valence-corrected chi connectivity index (χ4v) is 1.14. The quantitative estimate of drug-likeness (QED) is 0.794. The second-order valence-corrected chi connectivity index (χ2v) is 2.97. The van der Waals surface area contributed by atoms with Gasteiger partial charge in [0.05, 0.1) is 0 Å². The minimum Gasteiger partial charge on any atom is -0.324 e.